The van der Waals surface area contributed by atoms with Gasteiger partial charge in [-0.1, -0.05) is 6.07 Å². The predicted octanol–water partition coefficient (Wildman–Crippen LogP) is 0.764. The number of esters is 1. The summed E-state index contributed by atoms with van der Waals surface area (Å²) in [5.74, 6) is -1.70. The molecule has 1 atom stereocenters. The third kappa shape index (κ3) is 6.45. The van der Waals surface area contributed by atoms with Gasteiger partial charge in [-0.3, -0.25) is 10.1 Å². The molecule has 0 fully saturated rings. The van der Waals surface area contributed by atoms with Crippen LogP contribution in [-0.2, 0) is 19.6 Å². The Balaban J connectivity index is 2.92. The van der Waals surface area contributed by atoms with Crippen LogP contribution in [0.2, 0.25) is 0 Å². The lowest BCUT2D eigenvalue weighted by Gasteiger charge is -2.20. The van der Waals surface area contributed by atoms with Crippen LogP contribution >= 0.6 is 0 Å². The summed E-state index contributed by atoms with van der Waals surface area (Å²) in [6.07, 6.45) is -1.24. The largest absolute Gasteiger partial charge is 0.449 e. The van der Waals surface area contributed by atoms with E-state index in [-0.39, 0.29) is 10.5 Å². The Bertz CT molecular complexity index is 798. The Morgan fingerprint density at radius 3 is 2.31 bits per heavy atom. The molecule has 0 saturated carbocycles. The standard InChI is InChI=1S/C16H23N3O6S/c1-10(13(20)18-15(22)17-5)25-14(21)11-7-6-8-12(9-11)26(23,24)19-16(2,3)4/h6-10,19H,1-5H3,(H2,17,18,20,22)/t10-/m0/s1. The van der Waals surface area contributed by atoms with E-state index in [1.807, 2.05) is 5.32 Å². The van der Waals surface area contributed by atoms with Gasteiger partial charge in [0, 0.05) is 12.6 Å². The van der Waals surface area contributed by atoms with Crippen molar-refractivity contribution in [2.45, 2.75) is 44.2 Å². The number of sulfonamides is 1. The van der Waals surface area contributed by atoms with Crippen molar-refractivity contribution in [3.8, 4) is 0 Å². The Morgan fingerprint density at radius 1 is 1.15 bits per heavy atom. The van der Waals surface area contributed by atoms with Crippen molar-refractivity contribution in [1.82, 2.24) is 15.4 Å². The van der Waals surface area contributed by atoms with E-state index < -0.39 is 39.6 Å². The van der Waals surface area contributed by atoms with Crippen LogP contribution in [0.4, 0.5) is 4.79 Å². The first kappa shape index (κ1) is 21.6. The highest BCUT2D eigenvalue weighted by atomic mass is 32.2. The summed E-state index contributed by atoms with van der Waals surface area (Å²) in [7, 11) is -2.50. The summed E-state index contributed by atoms with van der Waals surface area (Å²) in [5, 5.41) is 4.17. The van der Waals surface area contributed by atoms with Crippen LogP contribution in [0.15, 0.2) is 29.2 Å². The molecule has 0 aliphatic rings. The topological polar surface area (TPSA) is 131 Å². The van der Waals surface area contributed by atoms with Crippen molar-refractivity contribution in [2.24, 2.45) is 0 Å². The van der Waals surface area contributed by atoms with E-state index in [9.17, 15) is 22.8 Å². The molecule has 1 rings (SSSR count). The molecule has 0 bridgehead atoms. The molecule has 0 radical (unpaired) electrons. The maximum Gasteiger partial charge on any atom is 0.338 e. The van der Waals surface area contributed by atoms with Crippen LogP contribution in [0, 0.1) is 0 Å². The number of carbonyl (C=O) groups excluding carboxylic acids is 3. The molecule has 0 aromatic heterocycles. The Labute approximate surface area is 152 Å². The lowest BCUT2D eigenvalue weighted by molar-refractivity contribution is -0.127. The number of imide groups is 1. The molecule has 0 heterocycles. The van der Waals surface area contributed by atoms with E-state index in [4.69, 9.17) is 4.74 Å². The maximum atomic E-state index is 12.3. The van der Waals surface area contributed by atoms with Gasteiger partial charge in [0.2, 0.25) is 10.0 Å². The third-order valence-electron chi connectivity index (χ3n) is 2.94. The molecule has 1 aromatic carbocycles. The van der Waals surface area contributed by atoms with E-state index in [1.165, 1.54) is 32.2 Å². The van der Waals surface area contributed by atoms with Gasteiger partial charge in [-0.25, -0.2) is 22.7 Å². The molecular weight excluding hydrogens is 362 g/mol. The molecule has 0 unspecified atom stereocenters. The summed E-state index contributed by atoms with van der Waals surface area (Å²) < 4.78 is 32.1. The van der Waals surface area contributed by atoms with Gasteiger partial charge in [0.15, 0.2) is 6.10 Å². The van der Waals surface area contributed by atoms with Crippen molar-refractivity contribution >= 4 is 27.9 Å². The van der Waals surface area contributed by atoms with Gasteiger partial charge in [0.1, 0.15) is 0 Å². The molecule has 0 aliphatic heterocycles. The second kappa shape index (κ2) is 8.28. The molecule has 1 aromatic rings. The number of amides is 3. The normalized spacial score (nSPS) is 12.8. The second-order valence-corrected chi connectivity index (χ2v) is 8.18. The van der Waals surface area contributed by atoms with Crippen LogP contribution in [0.25, 0.3) is 0 Å². The Kier molecular flexibility index (Phi) is 6.87. The summed E-state index contributed by atoms with van der Waals surface area (Å²) in [6, 6.07) is 4.51. The quantitative estimate of drug-likeness (QED) is 0.642. The van der Waals surface area contributed by atoms with Gasteiger partial charge in [0.05, 0.1) is 10.5 Å². The molecule has 0 aliphatic carbocycles. The van der Waals surface area contributed by atoms with Crippen molar-refractivity contribution in [3.05, 3.63) is 29.8 Å². The maximum absolute atomic E-state index is 12.3. The lowest BCUT2D eigenvalue weighted by Crippen LogP contribution is -2.43. The fourth-order valence-electron chi connectivity index (χ4n) is 1.81. The van der Waals surface area contributed by atoms with E-state index >= 15 is 0 Å². The SMILES string of the molecule is CNC(=O)NC(=O)[C@H](C)OC(=O)c1cccc(S(=O)(=O)NC(C)(C)C)c1. The number of hydrogen-bond donors (Lipinski definition) is 3. The first-order valence-electron chi connectivity index (χ1n) is 7.73. The molecule has 144 valence electrons. The smallest absolute Gasteiger partial charge is 0.338 e. The molecular formula is C16H23N3O6S. The van der Waals surface area contributed by atoms with E-state index in [1.54, 1.807) is 20.8 Å². The molecule has 10 heteroatoms. The van der Waals surface area contributed by atoms with Gasteiger partial charge in [-0.2, -0.15) is 0 Å². The fraction of sp³-hybridized carbons (Fsp3) is 0.438. The van der Waals surface area contributed by atoms with Gasteiger partial charge in [-0.05, 0) is 45.9 Å². The molecule has 0 saturated heterocycles. The first-order valence-corrected chi connectivity index (χ1v) is 9.21. The zero-order valence-corrected chi connectivity index (χ0v) is 16.1. The minimum absolute atomic E-state index is 0.0404. The average molecular weight is 385 g/mol. The molecule has 26 heavy (non-hydrogen) atoms. The minimum atomic E-state index is -3.83. The van der Waals surface area contributed by atoms with Gasteiger partial charge in [0.25, 0.3) is 5.91 Å². The van der Waals surface area contributed by atoms with Crippen LogP contribution in [0.5, 0.6) is 0 Å². The highest BCUT2D eigenvalue weighted by molar-refractivity contribution is 7.89. The van der Waals surface area contributed by atoms with E-state index in [0.29, 0.717) is 0 Å². The zero-order valence-electron chi connectivity index (χ0n) is 15.2. The van der Waals surface area contributed by atoms with Crippen LogP contribution in [0.3, 0.4) is 0 Å². The predicted molar refractivity (Wildman–Crippen MR) is 94.0 cm³/mol. The Morgan fingerprint density at radius 2 is 1.77 bits per heavy atom. The van der Waals surface area contributed by atoms with Crippen molar-refractivity contribution in [1.29, 1.82) is 0 Å². The molecule has 9 nitrogen and oxygen atoms in total. The van der Waals surface area contributed by atoms with Crippen LogP contribution < -0.4 is 15.4 Å². The highest BCUT2D eigenvalue weighted by Crippen LogP contribution is 2.15. The van der Waals surface area contributed by atoms with Gasteiger partial charge < -0.3 is 10.1 Å². The molecule has 0 spiro atoms. The van der Waals surface area contributed by atoms with Crippen LogP contribution in [-0.4, -0.2) is 45.0 Å². The number of ether oxygens (including phenoxy) is 1. The Hall–Kier alpha value is -2.46. The van der Waals surface area contributed by atoms with Crippen molar-refractivity contribution in [2.75, 3.05) is 7.05 Å². The fourth-order valence-corrected chi connectivity index (χ4v) is 3.27. The second-order valence-electron chi connectivity index (χ2n) is 6.50. The summed E-state index contributed by atoms with van der Waals surface area (Å²) in [5.41, 5.74) is -0.733. The zero-order chi connectivity index (χ0) is 20.1. The number of urea groups is 1. The molecule has 3 N–H and O–H groups in total. The summed E-state index contributed by atoms with van der Waals surface area (Å²) >= 11 is 0. The lowest BCUT2D eigenvalue weighted by atomic mass is 10.1. The van der Waals surface area contributed by atoms with Crippen LogP contribution in [0.1, 0.15) is 38.1 Å². The number of benzene rings is 1. The summed E-state index contributed by atoms with van der Waals surface area (Å²) in [6.45, 7) is 6.36. The van der Waals surface area contributed by atoms with Crippen molar-refractivity contribution < 1.29 is 27.5 Å². The van der Waals surface area contributed by atoms with Gasteiger partial charge in [-0.15, -0.1) is 0 Å². The average Bonchev–Trinajstić information content (AvgIpc) is 2.52. The first-order chi connectivity index (χ1) is 11.9. The number of carbonyl (C=O) groups is 3. The monoisotopic (exact) mass is 385 g/mol. The summed E-state index contributed by atoms with van der Waals surface area (Å²) in [4.78, 5) is 34.9. The number of nitrogens with one attached hydrogen (secondary N) is 3. The van der Waals surface area contributed by atoms with Crippen molar-refractivity contribution in [3.63, 3.8) is 0 Å². The minimum Gasteiger partial charge on any atom is -0.449 e. The van der Waals surface area contributed by atoms with Gasteiger partial charge >= 0.3 is 12.0 Å². The number of hydrogen-bond acceptors (Lipinski definition) is 6. The molecule has 3 amide bonds. The van der Waals surface area contributed by atoms with E-state index in [2.05, 4.69) is 10.0 Å². The highest BCUT2D eigenvalue weighted by Gasteiger charge is 2.24. The van der Waals surface area contributed by atoms with E-state index in [0.717, 1.165) is 6.07 Å². The third-order valence-corrected chi connectivity index (χ3v) is 4.69. The number of rotatable bonds is 5.